The number of carbonyl (C=O) groups excluding carboxylic acids is 2. The number of Topliss-reactive ketones (excluding diaryl/α,β-unsaturated/α-hetero) is 1. The largest absolute Gasteiger partial charge is 0.548 e. The minimum Gasteiger partial charge on any atom is -0.548 e. The Morgan fingerprint density at radius 2 is 1.73 bits per heavy atom. The molecular formula is C16H12Cl2NO3-. The summed E-state index contributed by atoms with van der Waals surface area (Å²) in [6, 6.07) is 12.0. The predicted octanol–water partition coefficient (Wildman–Crippen LogP) is 2.80. The summed E-state index contributed by atoms with van der Waals surface area (Å²) >= 11 is 11.9. The van der Waals surface area contributed by atoms with E-state index < -0.39 is 12.0 Å². The van der Waals surface area contributed by atoms with Crippen LogP contribution in [0, 0.1) is 0 Å². The first-order valence-corrected chi connectivity index (χ1v) is 7.24. The molecule has 1 N–H and O–H groups in total. The van der Waals surface area contributed by atoms with Gasteiger partial charge in [0.15, 0.2) is 5.78 Å². The molecule has 2 aromatic rings. The Kier molecular flexibility index (Phi) is 5.41. The average Bonchev–Trinajstić information content (AvgIpc) is 2.51. The zero-order valence-electron chi connectivity index (χ0n) is 11.4. The number of hydrogen-bond acceptors (Lipinski definition) is 4. The van der Waals surface area contributed by atoms with E-state index >= 15 is 0 Å². The van der Waals surface area contributed by atoms with Crippen molar-refractivity contribution < 1.29 is 14.7 Å². The van der Waals surface area contributed by atoms with E-state index in [9.17, 15) is 14.7 Å². The molecule has 0 fully saturated rings. The van der Waals surface area contributed by atoms with Gasteiger partial charge in [-0.1, -0.05) is 59.6 Å². The van der Waals surface area contributed by atoms with Crippen LogP contribution in [0.2, 0.25) is 10.0 Å². The third-order valence-electron chi connectivity index (χ3n) is 3.05. The van der Waals surface area contributed by atoms with E-state index in [-0.39, 0.29) is 22.2 Å². The summed E-state index contributed by atoms with van der Waals surface area (Å²) in [5.41, 5.74) is 0.775. The van der Waals surface area contributed by atoms with E-state index in [0.29, 0.717) is 11.3 Å². The summed E-state index contributed by atoms with van der Waals surface area (Å²) in [6.45, 7) is 0. The number of halogens is 2. The number of hydrogen-bond donors (Lipinski definition) is 1. The van der Waals surface area contributed by atoms with Crippen LogP contribution in [0.5, 0.6) is 0 Å². The maximum atomic E-state index is 12.1. The molecular weight excluding hydrogens is 325 g/mol. The number of carboxylic acids is 1. The molecule has 0 saturated carbocycles. The second-order valence-electron chi connectivity index (χ2n) is 4.61. The number of aliphatic carboxylic acids is 1. The van der Waals surface area contributed by atoms with Gasteiger partial charge in [-0.2, -0.15) is 0 Å². The third kappa shape index (κ3) is 4.00. The number of benzene rings is 2. The summed E-state index contributed by atoms with van der Waals surface area (Å²) in [5.74, 6) is -1.69. The van der Waals surface area contributed by atoms with E-state index in [4.69, 9.17) is 23.2 Å². The summed E-state index contributed by atoms with van der Waals surface area (Å²) in [7, 11) is 0. The summed E-state index contributed by atoms with van der Waals surface area (Å²) < 4.78 is 0. The van der Waals surface area contributed by atoms with Gasteiger partial charge in [-0.25, -0.2) is 0 Å². The van der Waals surface area contributed by atoms with Crippen LogP contribution in [0.3, 0.4) is 0 Å². The molecule has 0 aromatic heterocycles. The highest BCUT2D eigenvalue weighted by atomic mass is 35.5. The lowest BCUT2D eigenvalue weighted by Gasteiger charge is -2.21. The van der Waals surface area contributed by atoms with Crippen molar-refractivity contribution in [2.75, 3.05) is 5.32 Å². The van der Waals surface area contributed by atoms with Crippen LogP contribution in [0.15, 0.2) is 48.5 Å². The van der Waals surface area contributed by atoms with Gasteiger partial charge in [-0.3, -0.25) is 4.79 Å². The third-order valence-corrected chi connectivity index (χ3v) is 3.87. The molecule has 4 nitrogen and oxygen atoms in total. The molecule has 0 spiro atoms. The van der Waals surface area contributed by atoms with Crippen LogP contribution in [0.25, 0.3) is 0 Å². The van der Waals surface area contributed by atoms with Gasteiger partial charge in [0.1, 0.15) is 0 Å². The number of nitrogens with one attached hydrogen (secondary N) is 1. The fraction of sp³-hybridized carbons (Fsp3) is 0.125. The van der Waals surface area contributed by atoms with Crippen molar-refractivity contribution in [1.82, 2.24) is 0 Å². The molecule has 0 amide bonds. The molecule has 0 bridgehead atoms. The van der Waals surface area contributed by atoms with Crippen LogP contribution in [-0.2, 0) is 4.79 Å². The van der Waals surface area contributed by atoms with Crippen molar-refractivity contribution in [2.45, 2.75) is 12.5 Å². The second kappa shape index (κ2) is 7.29. The van der Waals surface area contributed by atoms with Gasteiger partial charge in [0, 0.05) is 12.0 Å². The number of rotatable bonds is 6. The molecule has 0 aliphatic heterocycles. The lowest BCUT2D eigenvalue weighted by Crippen LogP contribution is -2.42. The SMILES string of the molecule is O=C(C[C@@H](Nc1cccc(Cl)c1Cl)C(=O)[O-])c1ccccc1. The van der Waals surface area contributed by atoms with Crippen LogP contribution in [0.1, 0.15) is 16.8 Å². The van der Waals surface area contributed by atoms with Gasteiger partial charge in [0.05, 0.1) is 27.7 Å². The van der Waals surface area contributed by atoms with E-state index in [1.54, 1.807) is 48.5 Å². The smallest absolute Gasteiger partial charge is 0.165 e. The number of carboxylic acid groups (broad SMARTS) is 1. The fourth-order valence-corrected chi connectivity index (χ4v) is 2.28. The first-order valence-electron chi connectivity index (χ1n) is 6.48. The highest BCUT2D eigenvalue weighted by Crippen LogP contribution is 2.30. The van der Waals surface area contributed by atoms with Gasteiger partial charge in [0.2, 0.25) is 0 Å². The zero-order valence-corrected chi connectivity index (χ0v) is 12.9. The molecule has 2 aromatic carbocycles. The molecule has 0 saturated heterocycles. The molecule has 0 heterocycles. The highest BCUT2D eigenvalue weighted by molar-refractivity contribution is 6.43. The maximum absolute atomic E-state index is 12.1. The number of anilines is 1. The molecule has 6 heteroatoms. The minimum atomic E-state index is -1.39. The molecule has 1 atom stereocenters. The van der Waals surface area contributed by atoms with E-state index in [1.165, 1.54) is 0 Å². The molecule has 0 aliphatic rings. The molecule has 114 valence electrons. The molecule has 0 radical (unpaired) electrons. The first-order chi connectivity index (χ1) is 10.5. The summed E-state index contributed by atoms with van der Waals surface area (Å²) in [4.78, 5) is 23.4. The Hall–Kier alpha value is -2.04. The Balaban J connectivity index is 2.16. The topological polar surface area (TPSA) is 69.2 Å². The van der Waals surface area contributed by atoms with Crippen molar-refractivity contribution in [3.8, 4) is 0 Å². The van der Waals surface area contributed by atoms with Gasteiger partial charge in [-0.05, 0) is 12.1 Å². The molecule has 0 aliphatic carbocycles. The van der Waals surface area contributed by atoms with Crippen molar-refractivity contribution in [1.29, 1.82) is 0 Å². The maximum Gasteiger partial charge on any atom is 0.165 e. The van der Waals surface area contributed by atoms with Gasteiger partial charge in [0.25, 0.3) is 0 Å². The monoisotopic (exact) mass is 336 g/mol. The van der Waals surface area contributed by atoms with Crippen molar-refractivity contribution in [3.63, 3.8) is 0 Å². The van der Waals surface area contributed by atoms with Crippen molar-refractivity contribution in [3.05, 3.63) is 64.1 Å². The minimum absolute atomic E-state index is 0.197. The Morgan fingerprint density at radius 3 is 2.36 bits per heavy atom. The quantitative estimate of drug-likeness (QED) is 0.823. The van der Waals surface area contributed by atoms with Crippen LogP contribution < -0.4 is 10.4 Å². The standard InChI is InChI=1S/C16H13Cl2NO3/c17-11-7-4-8-12(15(11)18)19-13(16(21)22)9-14(20)10-5-2-1-3-6-10/h1-8,13,19H,9H2,(H,21,22)/p-1/t13-/m1/s1. The lowest BCUT2D eigenvalue weighted by molar-refractivity contribution is -0.306. The first kappa shape index (κ1) is 16.3. The van der Waals surface area contributed by atoms with Crippen LogP contribution in [0.4, 0.5) is 5.69 Å². The van der Waals surface area contributed by atoms with Crippen LogP contribution >= 0.6 is 23.2 Å². The van der Waals surface area contributed by atoms with Crippen molar-refractivity contribution >= 4 is 40.6 Å². The highest BCUT2D eigenvalue weighted by Gasteiger charge is 2.18. The predicted molar refractivity (Wildman–Crippen MR) is 84.3 cm³/mol. The van der Waals surface area contributed by atoms with Gasteiger partial charge in [-0.15, -0.1) is 0 Å². The average molecular weight is 337 g/mol. The normalized spacial score (nSPS) is 11.7. The Morgan fingerprint density at radius 1 is 1.05 bits per heavy atom. The molecule has 2 rings (SSSR count). The lowest BCUT2D eigenvalue weighted by atomic mass is 10.0. The van der Waals surface area contributed by atoms with E-state index in [1.807, 2.05) is 0 Å². The molecule has 22 heavy (non-hydrogen) atoms. The Labute approximate surface area is 137 Å². The van der Waals surface area contributed by atoms with Gasteiger partial charge < -0.3 is 15.2 Å². The molecule has 0 unspecified atom stereocenters. The van der Waals surface area contributed by atoms with Crippen molar-refractivity contribution in [2.24, 2.45) is 0 Å². The summed E-state index contributed by atoms with van der Waals surface area (Å²) in [5, 5.41) is 14.4. The summed E-state index contributed by atoms with van der Waals surface area (Å²) in [6.07, 6.45) is -0.255. The van der Waals surface area contributed by atoms with Gasteiger partial charge >= 0.3 is 0 Å². The fourth-order valence-electron chi connectivity index (χ4n) is 1.92. The second-order valence-corrected chi connectivity index (χ2v) is 5.40. The zero-order chi connectivity index (χ0) is 16.1. The van der Waals surface area contributed by atoms with Crippen LogP contribution in [-0.4, -0.2) is 17.8 Å². The Bertz CT molecular complexity index is 689. The van der Waals surface area contributed by atoms with E-state index in [2.05, 4.69) is 5.32 Å². The number of carbonyl (C=O) groups is 2. The number of ketones is 1. The van der Waals surface area contributed by atoms with E-state index in [0.717, 1.165) is 0 Å².